The van der Waals surface area contributed by atoms with E-state index in [1.807, 2.05) is 0 Å². The summed E-state index contributed by atoms with van der Waals surface area (Å²) < 4.78 is 0. The van der Waals surface area contributed by atoms with E-state index in [2.05, 4.69) is 54.8 Å². The Kier molecular flexibility index (Phi) is 3.18. The summed E-state index contributed by atoms with van der Waals surface area (Å²) in [6.07, 6.45) is 1.02. The van der Waals surface area contributed by atoms with Gasteiger partial charge in [0.05, 0.1) is 0 Å². The van der Waals surface area contributed by atoms with Crippen LogP contribution in [0.25, 0.3) is 11.1 Å². The van der Waals surface area contributed by atoms with E-state index in [-0.39, 0.29) is 21.7 Å². The van der Waals surface area contributed by atoms with E-state index >= 15 is 0 Å². The maximum atomic E-state index is 3.75. The van der Waals surface area contributed by atoms with Gasteiger partial charge >= 0.3 is 0 Å². The third kappa shape index (κ3) is 1.61. The molecular formula is C14H12NTi-. The summed E-state index contributed by atoms with van der Waals surface area (Å²) in [5, 5.41) is 3.01. The van der Waals surface area contributed by atoms with Crippen LogP contribution in [0.2, 0.25) is 0 Å². The van der Waals surface area contributed by atoms with Crippen molar-refractivity contribution in [1.29, 1.82) is 0 Å². The Morgan fingerprint density at radius 2 is 1.69 bits per heavy atom. The van der Waals surface area contributed by atoms with Crippen LogP contribution >= 0.6 is 0 Å². The Balaban J connectivity index is 0.000000963. The van der Waals surface area contributed by atoms with Crippen LogP contribution in [0, 0.1) is 7.05 Å². The van der Waals surface area contributed by atoms with Crippen molar-refractivity contribution in [2.45, 2.75) is 6.42 Å². The van der Waals surface area contributed by atoms with Crippen molar-refractivity contribution in [3.8, 4) is 11.1 Å². The van der Waals surface area contributed by atoms with E-state index in [4.69, 9.17) is 0 Å². The molecule has 1 aliphatic rings. The summed E-state index contributed by atoms with van der Waals surface area (Å²) in [6, 6.07) is 14.9. The van der Waals surface area contributed by atoms with Crippen molar-refractivity contribution in [2.75, 3.05) is 5.32 Å². The SMILES string of the molecule is [CH2-]Nc1cccc2c1Cc1ccccc1-2.[Ti]. The van der Waals surface area contributed by atoms with E-state index in [1.54, 1.807) is 0 Å². The number of benzene rings is 2. The van der Waals surface area contributed by atoms with Gasteiger partial charge in [0.2, 0.25) is 0 Å². The summed E-state index contributed by atoms with van der Waals surface area (Å²) in [4.78, 5) is 0. The number of rotatable bonds is 1. The van der Waals surface area contributed by atoms with Crippen LogP contribution < -0.4 is 5.32 Å². The first-order valence-corrected chi connectivity index (χ1v) is 5.13. The van der Waals surface area contributed by atoms with Crippen LogP contribution in [0.1, 0.15) is 11.1 Å². The first kappa shape index (κ1) is 11.4. The van der Waals surface area contributed by atoms with Gasteiger partial charge in [-0.05, 0) is 28.3 Å². The van der Waals surface area contributed by atoms with Gasteiger partial charge in [0, 0.05) is 33.8 Å². The average Bonchev–Trinajstić information content (AvgIpc) is 2.67. The zero-order chi connectivity index (χ0) is 10.3. The fourth-order valence-electron chi connectivity index (χ4n) is 2.32. The van der Waals surface area contributed by atoms with Gasteiger partial charge in [0.15, 0.2) is 0 Å². The standard InChI is InChI=1S/C14H12N.Ti/c1-15-14-8-4-7-12-11-6-3-2-5-10(11)9-13(12)14;/h2-8,15H,1,9H2;/q-1;. The summed E-state index contributed by atoms with van der Waals surface area (Å²) in [6.45, 7) is 0. The third-order valence-corrected chi connectivity index (χ3v) is 3.04. The van der Waals surface area contributed by atoms with Crippen LogP contribution in [-0.2, 0) is 28.1 Å². The Hall–Kier alpha value is -1.05. The maximum Gasteiger partial charge on any atom is 0.00864 e. The molecule has 0 saturated heterocycles. The van der Waals surface area contributed by atoms with Crippen molar-refractivity contribution in [1.82, 2.24) is 0 Å². The van der Waals surface area contributed by atoms with Crippen molar-refractivity contribution in [3.63, 3.8) is 0 Å². The van der Waals surface area contributed by atoms with Gasteiger partial charge in [-0.25, -0.2) is 0 Å². The molecule has 3 rings (SSSR count). The van der Waals surface area contributed by atoms with Gasteiger partial charge in [-0.1, -0.05) is 36.4 Å². The van der Waals surface area contributed by atoms with E-state index < -0.39 is 0 Å². The van der Waals surface area contributed by atoms with Gasteiger partial charge in [-0.2, -0.15) is 0 Å². The minimum Gasteiger partial charge on any atom is -0.538 e. The van der Waals surface area contributed by atoms with Crippen molar-refractivity contribution < 1.29 is 21.7 Å². The Morgan fingerprint density at radius 3 is 2.50 bits per heavy atom. The molecule has 0 unspecified atom stereocenters. The molecule has 0 saturated carbocycles. The predicted octanol–water partition coefficient (Wildman–Crippen LogP) is 3.46. The molecule has 0 spiro atoms. The molecule has 0 fully saturated rings. The first-order valence-electron chi connectivity index (χ1n) is 5.13. The van der Waals surface area contributed by atoms with E-state index in [0.29, 0.717) is 0 Å². The van der Waals surface area contributed by atoms with Crippen molar-refractivity contribution >= 4 is 5.69 Å². The molecule has 1 N–H and O–H groups in total. The molecule has 2 heteroatoms. The van der Waals surface area contributed by atoms with Gasteiger partial charge in [0.1, 0.15) is 0 Å². The third-order valence-electron chi connectivity index (χ3n) is 3.04. The normalized spacial score (nSPS) is 11.3. The quantitative estimate of drug-likeness (QED) is 0.509. The van der Waals surface area contributed by atoms with Crippen LogP contribution in [-0.4, -0.2) is 0 Å². The topological polar surface area (TPSA) is 12.0 Å². The molecule has 0 aliphatic heterocycles. The molecule has 0 radical (unpaired) electrons. The summed E-state index contributed by atoms with van der Waals surface area (Å²) in [7, 11) is 3.75. The van der Waals surface area contributed by atoms with Crippen LogP contribution in [0.15, 0.2) is 42.5 Å². The second kappa shape index (κ2) is 4.44. The Bertz CT molecular complexity index is 520. The predicted molar refractivity (Wildman–Crippen MR) is 63.7 cm³/mol. The smallest absolute Gasteiger partial charge is 0.00864 e. The number of hydrogen-bond acceptors (Lipinski definition) is 1. The molecule has 0 atom stereocenters. The number of nitrogens with one attached hydrogen (secondary N) is 1. The van der Waals surface area contributed by atoms with E-state index in [0.717, 1.165) is 12.1 Å². The summed E-state index contributed by atoms with van der Waals surface area (Å²) in [5.41, 5.74) is 6.64. The fraction of sp³-hybridized carbons (Fsp3) is 0.0714. The monoisotopic (exact) mass is 242 g/mol. The van der Waals surface area contributed by atoms with E-state index in [9.17, 15) is 0 Å². The minimum absolute atomic E-state index is 0. The van der Waals surface area contributed by atoms with Gasteiger partial charge in [0.25, 0.3) is 0 Å². The maximum absolute atomic E-state index is 3.75. The molecule has 0 amide bonds. The second-order valence-electron chi connectivity index (χ2n) is 3.84. The summed E-state index contributed by atoms with van der Waals surface area (Å²) in [5.74, 6) is 0. The second-order valence-corrected chi connectivity index (χ2v) is 3.84. The van der Waals surface area contributed by atoms with Gasteiger partial charge in [-0.3, -0.25) is 7.05 Å². The zero-order valence-electron chi connectivity index (χ0n) is 8.96. The van der Waals surface area contributed by atoms with Gasteiger partial charge < -0.3 is 5.32 Å². The molecule has 1 nitrogen and oxygen atoms in total. The number of fused-ring (bicyclic) bond motifs is 3. The average molecular weight is 242 g/mol. The Labute approximate surface area is 111 Å². The van der Waals surface area contributed by atoms with E-state index in [1.165, 1.54) is 22.3 Å². The molecule has 1 aliphatic carbocycles. The zero-order valence-corrected chi connectivity index (χ0v) is 10.5. The number of anilines is 1. The van der Waals surface area contributed by atoms with Gasteiger partial charge in [-0.15, -0.1) is 0 Å². The van der Waals surface area contributed by atoms with Crippen molar-refractivity contribution in [2.24, 2.45) is 0 Å². The number of hydrogen-bond donors (Lipinski definition) is 1. The first-order chi connectivity index (χ1) is 7.40. The minimum atomic E-state index is 0. The van der Waals surface area contributed by atoms with Crippen molar-refractivity contribution in [3.05, 3.63) is 60.6 Å². The molecule has 78 valence electrons. The fourth-order valence-corrected chi connectivity index (χ4v) is 2.32. The molecule has 0 aromatic heterocycles. The van der Waals surface area contributed by atoms with Crippen LogP contribution in [0.3, 0.4) is 0 Å². The molecular weight excluding hydrogens is 230 g/mol. The van der Waals surface area contributed by atoms with Crippen LogP contribution in [0.4, 0.5) is 5.69 Å². The summed E-state index contributed by atoms with van der Waals surface area (Å²) >= 11 is 0. The molecule has 2 aromatic rings. The molecule has 16 heavy (non-hydrogen) atoms. The van der Waals surface area contributed by atoms with Crippen LogP contribution in [0.5, 0.6) is 0 Å². The largest absolute Gasteiger partial charge is 0.538 e. The molecule has 2 aromatic carbocycles. The Morgan fingerprint density at radius 1 is 0.938 bits per heavy atom. The molecule has 0 bridgehead atoms. The molecule has 0 heterocycles.